The Morgan fingerprint density at radius 2 is 2.10 bits per heavy atom. The highest BCUT2D eigenvalue weighted by Crippen LogP contribution is 2.34. The van der Waals surface area contributed by atoms with Gasteiger partial charge in [0.25, 0.3) is 0 Å². The SMILES string of the molecule is CC(C)n1c(Sc2ccc([C@@H](C)O)cc2Cl)n[nH]c1=O. The summed E-state index contributed by atoms with van der Waals surface area (Å²) in [5.41, 5.74) is 0.516. The van der Waals surface area contributed by atoms with Crippen molar-refractivity contribution < 1.29 is 5.11 Å². The molecular formula is C13H16ClN3O2S. The zero-order valence-electron chi connectivity index (χ0n) is 11.4. The molecule has 2 rings (SSSR count). The van der Waals surface area contributed by atoms with Crippen LogP contribution in [0.25, 0.3) is 0 Å². The third-order valence-corrected chi connectivity index (χ3v) is 4.30. The molecule has 0 unspecified atom stereocenters. The van der Waals surface area contributed by atoms with E-state index >= 15 is 0 Å². The molecule has 1 heterocycles. The second-order valence-electron chi connectivity index (χ2n) is 4.74. The first-order chi connectivity index (χ1) is 9.40. The second kappa shape index (κ2) is 6.03. The summed E-state index contributed by atoms with van der Waals surface area (Å²) in [5, 5.41) is 17.1. The molecule has 1 aromatic heterocycles. The van der Waals surface area contributed by atoms with Crippen molar-refractivity contribution in [1.29, 1.82) is 0 Å². The van der Waals surface area contributed by atoms with Crippen LogP contribution in [0.2, 0.25) is 5.02 Å². The van der Waals surface area contributed by atoms with Gasteiger partial charge in [0.2, 0.25) is 0 Å². The van der Waals surface area contributed by atoms with Crippen LogP contribution in [0.3, 0.4) is 0 Å². The Morgan fingerprint density at radius 1 is 1.40 bits per heavy atom. The highest BCUT2D eigenvalue weighted by molar-refractivity contribution is 7.99. The first-order valence-corrected chi connectivity index (χ1v) is 7.42. The number of aromatic nitrogens is 3. The van der Waals surface area contributed by atoms with Crippen LogP contribution in [0.15, 0.2) is 33.0 Å². The molecule has 0 spiro atoms. The third kappa shape index (κ3) is 3.08. The summed E-state index contributed by atoms with van der Waals surface area (Å²) < 4.78 is 1.57. The second-order valence-corrected chi connectivity index (χ2v) is 6.16. The fraction of sp³-hybridized carbons (Fsp3) is 0.385. The lowest BCUT2D eigenvalue weighted by Crippen LogP contribution is -2.19. The monoisotopic (exact) mass is 313 g/mol. The predicted octanol–water partition coefficient (Wildman–Crippen LogP) is 3.01. The molecule has 1 aromatic carbocycles. The lowest BCUT2D eigenvalue weighted by atomic mass is 10.1. The maximum Gasteiger partial charge on any atom is 0.344 e. The van der Waals surface area contributed by atoms with Gasteiger partial charge < -0.3 is 5.11 Å². The number of nitrogens with one attached hydrogen (secondary N) is 1. The molecule has 108 valence electrons. The first kappa shape index (κ1) is 15.2. The average Bonchev–Trinajstić information content (AvgIpc) is 2.72. The van der Waals surface area contributed by atoms with Gasteiger partial charge >= 0.3 is 5.69 Å². The maximum absolute atomic E-state index is 11.7. The Balaban J connectivity index is 2.34. The van der Waals surface area contributed by atoms with Gasteiger partial charge in [-0.25, -0.2) is 9.89 Å². The quantitative estimate of drug-likeness (QED) is 0.910. The molecule has 2 aromatic rings. The number of hydrogen-bond acceptors (Lipinski definition) is 4. The van der Waals surface area contributed by atoms with Gasteiger partial charge in [0.1, 0.15) is 0 Å². The molecule has 0 aliphatic carbocycles. The molecule has 0 saturated heterocycles. The van der Waals surface area contributed by atoms with Crippen LogP contribution in [0.4, 0.5) is 0 Å². The highest BCUT2D eigenvalue weighted by Gasteiger charge is 2.14. The minimum atomic E-state index is -0.564. The molecule has 20 heavy (non-hydrogen) atoms. The number of halogens is 1. The van der Waals surface area contributed by atoms with Crippen molar-refractivity contribution in [1.82, 2.24) is 14.8 Å². The number of H-pyrrole nitrogens is 1. The molecule has 5 nitrogen and oxygen atoms in total. The summed E-state index contributed by atoms with van der Waals surface area (Å²) in [7, 11) is 0. The van der Waals surface area contributed by atoms with Crippen LogP contribution in [-0.2, 0) is 0 Å². The largest absolute Gasteiger partial charge is 0.389 e. The summed E-state index contributed by atoms with van der Waals surface area (Å²) in [6, 6.07) is 5.36. The van der Waals surface area contributed by atoms with E-state index in [-0.39, 0.29) is 11.7 Å². The van der Waals surface area contributed by atoms with E-state index in [4.69, 9.17) is 11.6 Å². The van der Waals surface area contributed by atoms with E-state index < -0.39 is 6.10 Å². The lowest BCUT2D eigenvalue weighted by molar-refractivity contribution is 0.199. The van der Waals surface area contributed by atoms with Crippen LogP contribution < -0.4 is 5.69 Å². The molecule has 7 heteroatoms. The van der Waals surface area contributed by atoms with Gasteiger partial charge in [0.15, 0.2) is 5.16 Å². The number of aliphatic hydroxyl groups excluding tert-OH is 1. The standard InChI is InChI=1S/C13H16ClN3O2S/c1-7(2)17-12(19)15-16-13(17)20-11-5-4-9(8(3)18)6-10(11)14/h4-8,18H,1-3H3,(H,15,19)/t8-/m1/s1. The average molecular weight is 314 g/mol. The fourth-order valence-electron chi connectivity index (χ4n) is 1.78. The number of hydrogen-bond donors (Lipinski definition) is 2. The molecule has 1 atom stereocenters. The minimum absolute atomic E-state index is 0.0132. The van der Waals surface area contributed by atoms with Gasteiger partial charge in [-0.05, 0) is 50.2 Å². The Bertz CT molecular complexity index is 664. The zero-order valence-corrected chi connectivity index (χ0v) is 13.0. The fourth-order valence-corrected chi connectivity index (χ4v) is 3.05. The number of rotatable bonds is 4. The Labute approximate surface area is 126 Å². The molecule has 0 amide bonds. The van der Waals surface area contributed by atoms with Gasteiger partial charge in [-0.3, -0.25) is 4.57 Å². The summed E-state index contributed by atoms with van der Waals surface area (Å²) >= 11 is 7.52. The Hall–Kier alpha value is -1.24. The lowest BCUT2D eigenvalue weighted by Gasteiger charge is -2.10. The van der Waals surface area contributed by atoms with E-state index in [9.17, 15) is 9.90 Å². The molecule has 0 aliphatic heterocycles. The van der Waals surface area contributed by atoms with Crippen LogP contribution in [0.1, 0.15) is 38.5 Å². The van der Waals surface area contributed by atoms with Gasteiger partial charge in [-0.2, -0.15) is 0 Å². The van der Waals surface area contributed by atoms with Gasteiger partial charge in [0.05, 0.1) is 11.1 Å². The zero-order chi connectivity index (χ0) is 14.9. The first-order valence-electron chi connectivity index (χ1n) is 6.22. The number of benzene rings is 1. The molecule has 0 fully saturated rings. The summed E-state index contributed by atoms with van der Waals surface area (Å²) in [4.78, 5) is 12.5. The Morgan fingerprint density at radius 3 is 2.65 bits per heavy atom. The molecule has 2 N–H and O–H groups in total. The highest BCUT2D eigenvalue weighted by atomic mass is 35.5. The molecule has 0 radical (unpaired) electrons. The van der Waals surface area contributed by atoms with Gasteiger partial charge in [-0.1, -0.05) is 17.7 Å². The normalized spacial score (nSPS) is 12.9. The van der Waals surface area contributed by atoms with Crippen molar-refractivity contribution in [2.45, 2.75) is 43.0 Å². The van der Waals surface area contributed by atoms with Crippen molar-refractivity contribution in [2.24, 2.45) is 0 Å². The van der Waals surface area contributed by atoms with Crippen molar-refractivity contribution in [3.05, 3.63) is 39.3 Å². The molecule has 0 saturated carbocycles. The number of nitrogens with zero attached hydrogens (tertiary/aromatic N) is 2. The number of aromatic amines is 1. The van der Waals surface area contributed by atoms with Crippen LogP contribution in [0, 0.1) is 0 Å². The summed E-state index contributed by atoms with van der Waals surface area (Å²) in [5.74, 6) is 0. The molecular weight excluding hydrogens is 298 g/mol. The third-order valence-electron chi connectivity index (χ3n) is 2.83. The van der Waals surface area contributed by atoms with Crippen molar-refractivity contribution >= 4 is 23.4 Å². The van der Waals surface area contributed by atoms with E-state index in [1.807, 2.05) is 26.0 Å². The number of aliphatic hydroxyl groups is 1. The summed E-state index contributed by atoms with van der Waals surface area (Å²) in [6.45, 7) is 5.51. The van der Waals surface area contributed by atoms with Crippen LogP contribution >= 0.6 is 23.4 Å². The molecule has 0 bridgehead atoms. The van der Waals surface area contributed by atoms with E-state index in [1.165, 1.54) is 11.8 Å². The van der Waals surface area contributed by atoms with Gasteiger partial charge in [-0.15, -0.1) is 5.10 Å². The van der Waals surface area contributed by atoms with Crippen molar-refractivity contribution in [3.8, 4) is 0 Å². The van der Waals surface area contributed by atoms with Crippen LogP contribution in [-0.4, -0.2) is 19.9 Å². The van der Waals surface area contributed by atoms with E-state index in [0.29, 0.717) is 10.2 Å². The van der Waals surface area contributed by atoms with Crippen molar-refractivity contribution in [2.75, 3.05) is 0 Å². The topological polar surface area (TPSA) is 70.9 Å². The van der Waals surface area contributed by atoms with E-state index in [1.54, 1.807) is 17.6 Å². The predicted molar refractivity (Wildman–Crippen MR) is 79.4 cm³/mol. The smallest absolute Gasteiger partial charge is 0.344 e. The summed E-state index contributed by atoms with van der Waals surface area (Å²) in [6.07, 6.45) is -0.564. The van der Waals surface area contributed by atoms with Crippen LogP contribution in [0.5, 0.6) is 0 Å². The van der Waals surface area contributed by atoms with Crippen molar-refractivity contribution in [3.63, 3.8) is 0 Å². The minimum Gasteiger partial charge on any atom is -0.389 e. The maximum atomic E-state index is 11.7. The molecule has 0 aliphatic rings. The van der Waals surface area contributed by atoms with Gasteiger partial charge in [0, 0.05) is 10.9 Å². The van der Waals surface area contributed by atoms with E-state index in [0.717, 1.165) is 10.5 Å². The Kier molecular flexibility index (Phi) is 4.57. The van der Waals surface area contributed by atoms with E-state index in [2.05, 4.69) is 10.2 Å².